The second kappa shape index (κ2) is 8.29. The van der Waals surface area contributed by atoms with Crippen LogP contribution in [0.5, 0.6) is 0 Å². The Morgan fingerprint density at radius 1 is 1.29 bits per heavy atom. The number of para-hydroxylation sites is 1. The number of ether oxygens (including phenoxy) is 1. The summed E-state index contributed by atoms with van der Waals surface area (Å²) in [5.74, 6) is 0.000927. The first-order chi connectivity index (χ1) is 9.93. The zero-order chi connectivity index (χ0) is 15.8. The number of benzene rings is 1. The summed E-state index contributed by atoms with van der Waals surface area (Å²) in [5.41, 5.74) is 7.30. The van der Waals surface area contributed by atoms with Crippen molar-refractivity contribution >= 4 is 17.6 Å². The monoisotopic (exact) mass is 292 g/mol. The van der Waals surface area contributed by atoms with Crippen LogP contribution in [0.1, 0.15) is 25.8 Å². The highest BCUT2D eigenvalue weighted by atomic mass is 16.5. The van der Waals surface area contributed by atoms with E-state index in [2.05, 4.69) is 4.74 Å². The molecule has 0 unspecified atom stereocenters. The Hall–Kier alpha value is -2.04. The summed E-state index contributed by atoms with van der Waals surface area (Å²) < 4.78 is 4.63. The minimum Gasteiger partial charge on any atom is -0.469 e. The van der Waals surface area contributed by atoms with Gasteiger partial charge in [-0.05, 0) is 17.5 Å². The molecule has 21 heavy (non-hydrogen) atoms. The molecule has 0 fully saturated rings. The summed E-state index contributed by atoms with van der Waals surface area (Å²) in [4.78, 5) is 25.4. The van der Waals surface area contributed by atoms with Crippen molar-refractivity contribution in [3.05, 3.63) is 29.8 Å². The van der Waals surface area contributed by atoms with Crippen molar-refractivity contribution in [1.82, 2.24) is 4.90 Å². The van der Waals surface area contributed by atoms with Crippen molar-refractivity contribution in [3.8, 4) is 0 Å². The van der Waals surface area contributed by atoms with Crippen LogP contribution in [0.3, 0.4) is 0 Å². The second-order valence-corrected chi connectivity index (χ2v) is 5.44. The fourth-order valence-corrected chi connectivity index (χ4v) is 2.06. The van der Waals surface area contributed by atoms with Gasteiger partial charge in [0.1, 0.15) is 0 Å². The molecule has 0 heterocycles. The van der Waals surface area contributed by atoms with E-state index < -0.39 is 0 Å². The van der Waals surface area contributed by atoms with Gasteiger partial charge in [-0.25, -0.2) is 0 Å². The van der Waals surface area contributed by atoms with Crippen LogP contribution in [-0.2, 0) is 20.7 Å². The quantitative estimate of drug-likeness (QED) is 0.615. The zero-order valence-electron chi connectivity index (χ0n) is 13.0. The van der Waals surface area contributed by atoms with Gasteiger partial charge in [-0.15, -0.1) is 0 Å². The van der Waals surface area contributed by atoms with E-state index >= 15 is 0 Å². The third-order valence-corrected chi connectivity index (χ3v) is 3.15. The molecule has 1 rings (SSSR count). The minimum absolute atomic E-state index is 0.0227. The number of hydrogen-bond acceptors (Lipinski definition) is 4. The fraction of sp³-hybridized carbons (Fsp3) is 0.500. The van der Waals surface area contributed by atoms with E-state index in [4.69, 9.17) is 5.73 Å². The number of nitrogens with two attached hydrogens (primary N) is 1. The molecule has 2 N–H and O–H groups in total. The van der Waals surface area contributed by atoms with E-state index in [1.54, 1.807) is 11.0 Å². The van der Waals surface area contributed by atoms with Crippen LogP contribution < -0.4 is 5.73 Å². The van der Waals surface area contributed by atoms with Crippen LogP contribution in [0, 0.1) is 5.92 Å². The van der Waals surface area contributed by atoms with Gasteiger partial charge in [0.05, 0.1) is 20.0 Å². The van der Waals surface area contributed by atoms with Crippen LogP contribution in [0.4, 0.5) is 5.69 Å². The van der Waals surface area contributed by atoms with E-state index in [9.17, 15) is 9.59 Å². The van der Waals surface area contributed by atoms with E-state index in [-0.39, 0.29) is 24.7 Å². The molecule has 0 aromatic heterocycles. The Kier molecular flexibility index (Phi) is 6.72. The molecule has 0 bridgehead atoms. The smallest absolute Gasteiger partial charge is 0.307 e. The van der Waals surface area contributed by atoms with Crippen LogP contribution in [0.15, 0.2) is 24.3 Å². The van der Waals surface area contributed by atoms with Gasteiger partial charge in [-0.1, -0.05) is 32.0 Å². The molecular weight excluding hydrogens is 268 g/mol. The van der Waals surface area contributed by atoms with E-state index in [0.717, 1.165) is 5.56 Å². The molecule has 0 saturated heterocycles. The van der Waals surface area contributed by atoms with Crippen molar-refractivity contribution in [2.45, 2.75) is 26.7 Å². The lowest BCUT2D eigenvalue weighted by atomic mass is 10.1. The molecule has 0 aliphatic heterocycles. The standard InChI is InChI=1S/C16H24N2O3/c1-12(2)11-18(9-8-16(20)21-3)15(19)10-13-6-4-5-7-14(13)17/h4-7,12H,8-11,17H2,1-3H3. The number of amides is 1. The molecular formula is C16H24N2O3. The first-order valence-electron chi connectivity index (χ1n) is 7.12. The summed E-state index contributed by atoms with van der Waals surface area (Å²) in [6, 6.07) is 7.33. The van der Waals surface area contributed by atoms with E-state index in [1.165, 1.54) is 7.11 Å². The Morgan fingerprint density at radius 2 is 1.95 bits per heavy atom. The Labute approximate surface area is 126 Å². The Morgan fingerprint density at radius 3 is 2.52 bits per heavy atom. The average molecular weight is 292 g/mol. The number of nitrogens with zero attached hydrogens (tertiary/aromatic N) is 1. The molecule has 1 aromatic rings. The number of anilines is 1. The highest BCUT2D eigenvalue weighted by molar-refractivity contribution is 5.81. The maximum Gasteiger partial charge on any atom is 0.307 e. The summed E-state index contributed by atoms with van der Waals surface area (Å²) in [6.45, 7) is 5.06. The van der Waals surface area contributed by atoms with Gasteiger partial charge in [-0.2, -0.15) is 0 Å². The maximum absolute atomic E-state index is 12.4. The molecule has 5 nitrogen and oxygen atoms in total. The van der Waals surface area contributed by atoms with Crippen molar-refractivity contribution in [2.24, 2.45) is 5.92 Å². The Bertz CT molecular complexity index is 486. The Balaban J connectivity index is 2.70. The molecule has 0 spiro atoms. The number of carbonyl (C=O) groups is 2. The van der Waals surface area contributed by atoms with Crippen molar-refractivity contribution < 1.29 is 14.3 Å². The fourth-order valence-electron chi connectivity index (χ4n) is 2.06. The molecule has 116 valence electrons. The van der Waals surface area contributed by atoms with Crippen molar-refractivity contribution in [2.75, 3.05) is 25.9 Å². The summed E-state index contributed by atoms with van der Waals surface area (Å²) in [6.07, 6.45) is 0.458. The maximum atomic E-state index is 12.4. The molecule has 0 radical (unpaired) electrons. The molecule has 0 atom stereocenters. The molecule has 0 aliphatic rings. The van der Waals surface area contributed by atoms with Crippen LogP contribution in [0.2, 0.25) is 0 Å². The van der Waals surface area contributed by atoms with Gasteiger partial charge in [0, 0.05) is 18.8 Å². The van der Waals surface area contributed by atoms with E-state index in [0.29, 0.717) is 24.7 Å². The van der Waals surface area contributed by atoms with Gasteiger partial charge < -0.3 is 15.4 Å². The molecule has 0 saturated carbocycles. The van der Waals surface area contributed by atoms with Crippen LogP contribution >= 0.6 is 0 Å². The van der Waals surface area contributed by atoms with Gasteiger partial charge in [0.2, 0.25) is 5.91 Å². The number of methoxy groups -OCH3 is 1. The zero-order valence-corrected chi connectivity index (χ0v) is 13.0. The first-order valence-corrected chi connectivity index (χ1v) is 7.12. The topological polar surface area (TPSA) is 72.6 Å². The number of esters is 1. The molecule has 5 heteroatoms. The highest BCUT2D eigenvalue weighted by Crippen LogP contribution is 2.13. The van der Waals surface area contributed by atoms with Crippen molar-refractivity contribution in [1.29, 1.82) is 0 Å². The summed E-state index contributed by atoms with van der Waals surface area (Å²) >= 11 is 0. The number of nitrogen functional groups attached to an aromatic ring is 1. The third kappa shape index (κ3) is 5.85. The SMILES string of the molecule is COC(=O)CCN(CC(C)C)C(=O)Cc1ccccc1N. The minimum atomic E-state index is -0.309. The first kappa shape index (κ1) is 17.0. The number of carbonyl (C=O) groups excluding carboxylic acids is 2. The highest BCUT2D eigenvalue weighted by Gasteiger charge is 2.17. The summed E-state index contributed by atoms with van der Waals surface area (Å²) in [5, 5.41) is 0. The predicted octanol–water partition coefficient (Wildman–Crippen LogP) is 1.86. The number of hydrogen-bond donors (Lipinski definition) is 1. The largest absolute Gasteiger partial charge is 0.469 e. The van der Waals surface area contributed by atoms with Gasteiger partial charge in [0.15, 0.2) is 0 Å². The third-order valence-electron chi connectivity index (χ3n) is 3.15. The summed E-state index contributed by atoms with van der Waals surface area (Å²) in [7, 11) is 1.35. The van der Waals surface area contributed by atoms with Gasteiger partial charge >= 0.3 is 5.97 Å². The van der Waals surface area contributed by atoms with Gasteiger partial charge in [0.25, 0.3) is 0 Å². The lowest BCUT2D eigenvalue weighted by Gasteiger charge is -2.24. The average Bonchev–Trinajstić information content (AvgIpc) is 2.45. The number of rotatable bonds is 7. The molecule has 1 amide bonds. The second-order valence-electron chi connectivity index (χ2n) is 5.44. The van der Waals surface area contributed by atoms with Crippen LogP contribution in [-0.4, -0.2) is 37.0 Å². The molecule has 0 aliphatic carbocycles. The lowest BCUT2D eigenvalue weighted by molar-refractivity contribution is -0.141. The lowest BCUT2D eigenvalue weighted by Crippen LogP contribution is -2.37. The normalized spacial score (nSPS) is 10.5. The van der Waals surface area contributed by atoms with Gasteiger partial charge in [-0.3, -0.25) is 9.59 Å². The van der Waals surface area contributed by atoms with E-state index in [1.807, 2.05) is 32.0 Å². The molecule has 1 aromatic carbocycles. The van der Waals surface area contributed by atoms with Crippen molar-refractivity contribution in [3.63, 3.8) is 0 Å². The predicted molar refractivity (Wildman–Crippen MR) is 82.6 cm³/mol. The van der Waals surface area contributed by atoms with Crippen LogP contribution in [0.25, 0.3) is 0 Å².